The molecule has 2 heterocycles. The molecule has 1 N–H and O–H groups in total. The zero-order valence-electron chi connectivity index (χ0n) is 13.3. The molecule has 0 amide bonds. The second-order valence-electron chi connectivity index (χ2n) is 6.49. The molecule has 0 bridgehead atoms. The minimum Gasteiger partial charge on any atom is -0.355 e. The summed E-state index contributed by atoms with van der Waals surface area (Å²) in [5.74, 6) is 2.70. The van der Waals surface area contributed by atoms with Gasteiger partial charge in [0.05, 0.1) is 5.69 Å². The third-order valence-electron chi connectivity index (χ3n) is 4.20. The monoisotopic (exact) mass is 276 g/mol. The number of hydrogen-bond donors (Lipinski definition) is 1. The molecule has 0 spiro atoms. The molecule has 1 aromatic rings. The lowest BCUT2D eigenvalue weighted by molar-refractivity contribution is 0.310. The topological polar surface area (TPSA) is 41.0 Å². The number of hydrogen-bond acceptors (Lipinski definition) is 4. The maximum Gasteiger partial charge on any atom is 0.151 e. The Hall–Kier alpha value is -1.16. The van der Waals surface area contributed by atoms with Gasteiger partial charge in [0.1, 0.15) is 0 Å². The smallest absolute Gasteiger partial charge is 0.151 e. The molecule has 1 aromatic heterocycles. The molecule has 0 saturated carbocycles. The summed E-state index contributed by atoms with van der Waals surface area (Å²) in [6, 6.07) is 4.68. The van der Waals surface area contributed by atoms with Crippen molar-refractivity contribution in [3.05, 3.63) is 17.8 Å². The second kappa shape index (κ2) is 7.02. The zero-order valence-corrected chi connectivity index (χ0v) is 13.3. The van der Waals surface area contributed by atoms with E-state index in [2.05, 4.69) is 60.2 Å². The van der Waals surface area contributed by atoms with E-state index in [1.54, 1.807) is 0 Å². The van der Waals surface area contributed by atoms with Gasteiger partial charge in [-0.3, -0.25) is 0 Å². The number of aromatic nitrogens is 2. The quantitative estimate of drug-likeness (QED) is 0.898. The number of nitrogens with one attached hydrogen (secondary N) is 1. The maximum atomic E-state index is 4.39. The Balaban J connectivity index is 1.87. The minimum absolute atomic E-state index is 0.478. The van der Waals surface area contributed by atoms with Gasteiger partial charge in [-0.15, -0.1) is 5.10 Å². The lowest BCUT2D eigenvalue weighted by Gasteiger charge is -2.34. The Labute approximate surface area is 123 Å². The van der Waals surface area contributed by atoms with Crippen LogP contribution in [0.1, 0.15) is 46.2 Å². The van der Waals surface area contributed by atoms with Crippen LogP contribution < -0.4 is 10.2 Å². The first-order valence-electron chi connectivity index (χ1n) is 7.87. The highest BCUT2D eigenvalue weighted by molar-refractivity contribution is 5.37. The van der Waals surface area contributed by atoms with Crippen LogP contribution in [0.5, 0.6) is 0 Å². The fourth-order valence-electron chi connectivity index (χ4n) is 2.72. The lowest BCUT2D eigenvalue weighted by Crippen LogP contribution is -2.35. The van der Waals surface area contributed by atoms with E-state index < -0.39 is 0 Å². The SMILES string of the molecule is CC(C)NCc1ccc(N2CCC(C(C)C)CC2)nn1. The first-order valence-corrected chi connectivity index (χ1v) is 7.87. The van der Waals surface area contributed by atoms with Crippen molar-refractivity contribution < 1.29 is 0 Å². The van der Waals surface area contributed by atoms with Gasteiger partial charge in [-0.1, -0.05) is 27.7 Å². The maximum absolute atomic E-state index is 4.39. The van der Waals surface area contributed by atoms with Crippen LogP contribution in [0.4, 0.5) is 5.82 Å². The molecule has 0 radical (unpaired) electrons. The third kappa shape index (κ3) is 4.17. The number of nitrogens with zero attached hydrogens (tertiary/aromatic N) is 3. The molecule has 0 aromatic carbocycles. The molecule has 1 aliphatic rings. The predicted molar refractivity (Wildman–Crippen MR) is 83.8 cm³/mol. The summed E-state index contributed by atoms with van der Waals surface area (Å²) < 4.78 is 0. The van der Waals surface area contributed by atoms with Crippen molar-refractivity contribution in [1.29, 1.82) is 0 Å². The zero-order chi connectivity index (χ0) is 14.5. The molecule has 0 aliphatic carbocycles. The molecular weight excluding hydrogens is 248 g/mol. The van der Waals surface area contributed by atoms with Gasteiger partial charge < -0.3 is 10.2 Å². The van der Waals surface area contributed by atoms with E-state index in [1.165, 1.54) is 12.8 Å². The Bertz CT molecular complexity index is 391. The van der Waals surface area contributed by atoms with Gasteiger partial charge in [0, 0.05) is 25.7 Å². The average Bonchev–Trinajstić information content (AvgIpc) is 2.46. The van der Waals surface area contributed by atoms with E-state index in [-0.39, 0.29) is 0 Å². The Kier molecular flexibility index (Phi) is 5.35. The highest BCUT2D eigenvalue weighted by Gasteiger charge is 2.22. The standard InChI is InChI=1S/C16H28N4/c1-12(2)14-7-9-20(10-8-14)16-6-5-15(18-19-16)11-17-13(3)4/h5-6,12-14,17H,7-11H2,1-4H3. The summed E-state index contributed by atoms with van der Waals surface area (Å²) in [7, 11) is 0. The van der Waals surface area contributed by atoms with Gasteiger partial charge in [-0.2, -0.15) is 5.10 Å². The highest BCUT2D eigenvalue weighted by atomic mass is 15.3. The summed E-state index contributed by atoms with van der Waals surface area (Å²) in [5, 5.41) is 12.1. The molecule has 20 heavy (non-hydrogen) atoms. The van der Waals surface area contributed by atoms with Crippen LogP contribution in [0, 0.1) is 11.8 Å². The van der Waals surface area contributed by atoms with E-state index in [9.17, 15) is 0 Å². The van der Waals surface area contributed by atoms with Crippen molar-refractivity contribution in [3.63, 3.8) is 0 Å². The first kappa shape index (κ1) is 15.2. The van der Waals surface area contributed by atoms with E-state index in [0.717, 1.165) is 43.0 Å². The minimum atomic E-state index is 0.478. The molecule has 2 rings (SSSR count). The van der Waals surface area contributed by atoms with Crippen LogP contribution in [-0.4, -0.2) is 29.3 Å². The van der Waals surface area contributed by atoms with Crippen LogP contribution in [0.2, 0.25) is 0 Å². The number of anilines is 1. The summed E-state index contributed by atoms with van der Waals surface area (Å²) in [4.78, 5) is 2.37. The highest BCUT2D eigenvalue weighted by Crippen LogP contribution is 2.26. The van der Waals surface area contributed by atoms with Crippen LogP contribution in [0.25, 0.3) is 0 Å². The fraction of sp³-hybridized carbons (Fsp3) is 0.750. The third-order valence-corrected chi connectivity index (χ3v) is 4.20. The van der Waals surface area contributed by atoms with Crippen molar-refractivity contribution in [2.75, 3.05) is 18.0 Å². The van der Waals surface area contributed by atoms with Crippen molar-refractivity contribution in [2.24, 2.45) is 11.8 Å². The lowest BCUT2D eigenvalue weighted by atomic mass is 9.87. The van der Waals surface area contributed by atoms with E-state index in [1.807, 2.05) is 0 Å². The summed E-state index contributed by atoms with van der Waals surface area (Å²) in [6.45, 7) is 12.0. The van der Waals surface area contributed by atoms with Gasteiger partial charge in [0.25, 0.3) is 0 Å². The fourth-order valence-corrected chi connectivity index (χ4v) is 2.72. The van der Waals surface area contributed by atoms with Crippen LogP contribution in [0.15, 0.2) is 12.1 Å². The Morgan fingerprint density at radius 2 is 1.85 bits per heavy atom. The number of piperidine rings is 1. The first-order chi connectivity index (χ1) is 9.56. The van der Waals surface area contributed by atoms with Crippen molar-refractivity contribution in [2.45, 2.75) is 53.1 Å². The van der Waals surface area contributed by atoms with Crippen LogP contribution in [-0.2, 0) is 6.54 Å². The molecule has 0 unspecified atom stereocenters. The van der Waals surface area contributed by atoms with Gasteiger partial charge in [-0.05, 0) is 36.8 Å². The molecule has 1 aliphatic heterocycles. The normalized spacial score (nSPS) is 17.2. The summed E-state index contributed by atoms with van der Waals surface area (Å²) in [5.41, 5.74) is 1.01. The Morgan fingerprint density at radius 1 is 1.15 bits per heavy atom. The number of rotatable bonds is 5. The van der Waals surface area contributed by atoms with E-state index in [4.69, 9.17) is 0 Å². The van der Waals surface area contributed by atoms with Gasteiger partial charge in [-0.25, -0.2) is 0 Å². The van der Waals surface area contributed by atoms with E-state index >= 15 is 0 Å². The van der Waals surface area contributed by atoms with Crippen LogP contribution >= 0.6 is 0 Å². The average molecular weight is 276 g/mol. The van der Waals surface area contributed by atoms with E-state index in [0.29, 0.717) is 6.04 Å². The molecule has 4 nitrogen and oxygen atoms in total. The molecule has 4 heteroatoms. The van der Waals surface area contributed by atoms with Gasteiger partial charge in [0.15, 0.2) is 5.82 Å². The molecule has 1 saturated heterocycles. The Morgan fingerprint density at radius 3 is 2.35 bits per heavy atom. The molecule has 112 valence electrons. The molecular formula is C16H28N4. The van der Waals surface area contributed by atoms with Crippen molar-refractivity contribution in [3.8, 4) is 0 Å². The van der Waals surface area contributed by atoms with Crippen molar-refractivity contribution in [1.82, 2.24) is 15.5 Å². The molecule has 0 atom stereocenters. The molecule has 1 fully saturated rings. The van der Waals surface area contributed by atoms with Crippen LogP contribution in [0.3, 0.4) is 0 Å². The second-order valence-corrected chi connectivity index (χ2v) is 6.49. The largest absolute Gasteiger partial charge is 0.355 e. The van der Waals surface area contributed by atoms with Crippen molar-refractivity contribution >= 4 is 5.82 Å². The van der Waals surface area contributed by atoms with Gasteiger partial charge in [0.2, 0.25) is 0 Å². The summed E-state index contributed by atoms with van der Waals surface area (Å²) >= 11 is 0. The summed E-state index contributed by atoms with van der Waals surface area (Å²) in [6.07, 6.45) is 2.55. The van der Waals surface area contributed by atoms with Gasteiger partial charge >= 0.3 is 0 Å². The predicted octanol–water partition coefficient (Wildman–Crippen LogP) is 2.85.